The van der Waals surface area contributed by atoms with Crippen molar-refractivity contribution in [1.29, 1.82) is 0 Å². The standard InChI is InChI=1S/C35H65N5O6S/c1-4-7-20-40(38-47(45,46)30-16-12-9-13-17-30)25-32(41)31(21-26-14-10-8-11-15-26)37-34(43)28-22-27(33(36)42)23-29(24-28)35(44)39(18-5-2)19-6-3/h26-32,38,41H,4-25H2,1-3H3,(H2,36,42)(H,37,43). The minimum Gasteiger partial charge on any atom is -0.390 e. The maximum Gasteiger partial charge on any atom is 0.227 e. The second-order valence-corrected chi connectivity index (χ2v) is 16.6. The first-order valence-corrected chi connectivity index (χ1v) is 20.4. The normalized spacial score (nSPS) is 24.5. The van der Waals surface area contributed by atoms with Crippen molar-refractivity contribution < 1.29 is 27.9 Å². The van der Waals surface area contributed by atoms with Crippen LogP contribution in [0.1, 0.15) is 136 Å². The number of carbonyl (C=O) groups excluding carboxylic acids is 3. The third-order valence-corrected chi connectivity index (χ3v) is 12.5. The molecule has 12 heteroatoms. The molecule has 11 nitrogen and oxygen atoms in total. The molecule has 0 aromatic rings. The van der Waals surface area contributed by atoms with Gasteiger partial charge < -0.3 is 21.1 Å². The van der Waals surface area contributed by atoms with Crippen molar-refractivity contribution in [2.75, 3.05) is 26.2 Å². The van der Waals surface area contributed by atoms with Gasteiger partial charge in [-0.05, 0) is 63.7 Å². The van der Waals surface area contributed by atoms with Gasteiger partial charge in [0.25, 0.3) is 0 Å². The summed E-state index contributed by atoms with van der Waals surface area (Å²) in [6, 6.07) is -0.589. The van der Waals surface area contributed by atoms with Crippen LogP contribution in [0.2, 0.25) is 0 Å². The van der Waals surface area contributed by atoms with Crippen LogP contribution in [-0.4, -0.2) is 84.7 Å². The van der Waals surface area contributed by atoms with Crippen molar-refractivity contribution in [2.45, 2.75) is 154 Å². The number of carbonyl (C=O) groups is 3. The first-order valence-electron chi connectivity index (χ1n) is 18.8. The Morgan fingerprint density at radius 2 is 1.38 bits per heavy atom. The molecule has 5 atom stereocenters. The highest BCUT2D eigenvalue weighted by molar-refractivity contribution is 7.90. The molecule has 0 aromatic heterocycles. The summed E-state index contributed by atoms with van der Waals surface area (Å²) in [6.07, 6.45) is 13.5. The van der Waals surface area contributed by atoms with E-state index in [4.69, 9.17) is 5.73 Å². The molecule has 272 valence electrons. The predicted octanol–water partition coefficient (Wildman–Crippen LogP) is 4.24. The number of nitrogens with zero attached hydrogens (tertiary/aromatic N) is 2. The third kappa shape index (κ3) is 12.6. The lowest BCUT2D eigenvalue weighted by Crippen LogP contribution is -2.55. The van der Waals surface area contributed by atoms with Gasteiger partial charge in [0.1, 0.15) is 0 Å². The molecule has 3 aliphatic rings. The zero-order chi connectivity index (χ0) is 34.4. The smallest absolute Gasteiger partial charge is 0.227 e. The van der Waals surface area contributed by atoms with Gasteiger partial charge in [0.15, 0.2) is 0 Å². The summed E-state index contributed by atoms with van der Waals surface area (Å²) >= 11 is 0. The second kappa shape index (κ2) is 20.0. The number of rotatable bonds is 19. The molecule has 0 aliphatic heterocycles. The molecule has 0 heterocycles. The quantitative estimate of drug-likeness (QED) is 0.148. The van der Waals surface area contributed by atoms with Gasteiger partial charge in [0.05, 0.1) is 17.4 Å². The van der Waals surface area contributed by atoms with Crippen LogP contribution in [0.5, 0.6) is 0 Å². The largest absolute Gasteiger partial charge is 0.390 e. The van der Waals surface area contributed by atoms with E-state index >= 15 is 0 Å². The molecule has 3 amide bonds. The molecule has 3 aliphatic carbocycles. The first-order chi connectivity index (χ1) is 22.5. The summed E-state index contributed by atoms with van der Waals surface area (Å²) in [7, 11) is -3.60. The summed E-state index contributed by atoms with van der Waals surface area (Å²) in [5.74, 6) is -2.05. The summed E-state index contributed by atoms with van der Waals surface area (Å²) < 4.78 is 26.7. The maximum atomic E-state index is 14.0. The number of hydrogen-bond acceptors (Lipinski definition) is 7. The van der Waals surface area contributed by atoms with Gasteiger partial charge in [-0.1, -0.05) is 78.6 Å². The van der Waals surface area contributed by atoms with Gasteiger partial charge in [-0.3, -0.25) is 14.4 Å². The number of amides is 3. The number of aliphatic hydroxyl groups excluding tert-OH is 1. The lowest BCUT2D eigenvalue weighted by atomic mass is 9.73. The monoisotopic (exact) mass is 683 g/mol. The highest BCUT2D eigenvalue weighted by Gasteiger charge is 2.41. The van der Waals surface area contributed by atoms with Crippen LogP contribution in [0, 0.1) is 23.7 Å². The Morgan fingerprint density at radius 1 is 0.809 bits per heavy atom. The number of unbranched alkanes of at least 4 members (excludes halogenated alkanes) is 1. The maximum absolute atomic E-state index is 14.0. The predicted molar refractivity (Wildman–Crippen MR) is 185 cm³/mol. The number of nitrogens with two attached hydrogens (primary N) is 1. The van der Waals surface area contributed by atoms with Crippen LogP contribution >= 0.6 is 0 Å². The molecule has 0 saturated heterocycles. The van der Waals surface area contributed by atoms with E-state index in [2.05, 4.69) is 10.1 Å². The van der Waals surface area contributed by atoms with E-state index in [-0.39, 0.29) is 24.8 Å². The average Bonchev–Trinajstić information content (AvgIpc) is 3.06. The fourth-order valence-corrected chi connectivity index (χ4v) is 9.63. The Kier molecular flexibility index (Phi) is 16.9. The Morgan fingerprint density at radius 3 is 1.96 bits per heavy atom. The van der Waals surface area contributed by atoms with Crippen LogP contribution in [0.4, 0.5) is 0 Å². The number of aliphatic hydroxyl groups is 1. The molecule has 5 N–H and O–H groups in total. The van der Waals surface area contributed by atoms with Gasteiger partial charge in [-0.25, -0.2) is 13.4 Å². The summed E-state index contributed by atoms with van der Waals surface area (Å²) in [4.78, 5) is 44.6. The SMILES string of the molecule is CCCCN(CC(O)C(CC1CCCCC1)NC(=O)C1CC(C(N)=O)CC(C(=O)N(CCC)CCC)C1)NS(=O)(=O)C1CCCCC1. The summed E-state index contributed by atoms with van der Waals surface area (Å²) in [5.41, 5.74) is 5.76. The second-order valence-electron chi connectivity index (χ2n) is 14.6. The zero-order valence-corrected chi connectivity index (χ0v) is 30.3. The van der Waals surface area contributed by atoms with Gasteiger partial charge in [-0.2, -0.15) is 0 Å². The molecular formula is C35H65N5O6S. The Hall–Kier alpha value is -1.76. The summed E-state index contributed by atoms with van der Waals surface area (Å²) in [6.45, 7) is 7.89. The van der Waals surface area contributed by atoms with E-state index in [1.807, 2.05) is 25.7 Å². The third-order valence-electron chi connectivity index (χ3n) is 10.7. The van der Waals surface area contributed by atoms with Crippen LogP contribution in [0.15, 0.2) is 0 Å². The topological polar surface area (TPSA) is 162 Å². The van der Waals surface area contributed by atoms with Gasteiger partial charge >= 0.3 is 0 Å². The van der Waals surface area contributed by atoms with Gasteiger partial charge in [0, 0.05) is 43.9 Å². The molecule has 3 saturated carbocycles. The van der Waals surface area contributed by atoms with E-state index in [9.17, 15) is 27.9 Å². The fourth-order valence-electron chi connectivity index (χ4n) is 8.00. The Labute approximate surface area is 284 Å². The minimum atomic E-state index is -3.60. The molecule has 0 aromatic carbocycles. The molecular weight excluding hydrogens is 618 g/mol. The number of sulfonamides is 1. The van der Waals surface area contributed by atoms with Crippen molar-refractivity contribution in [3.05, 3.63) is 0 Å². The number of nitrogens with one attached hydrogen (secondary N) is 2. The highest BCUT2D eigenvalue weighted by atomic mass is 32.2. The lowest BCUT2D eigenvalue weighted by Gasteiger charge is -2.37. The van der Waals surface area contributed by atoms with Crippen LogP contribution < -0.4 is 15.9 Å². The van der Waals surface area contributed by atoms with E-state index in [1.54, 1.807) is 5.01 Å². The first kappa shape index (κ1) is 39.7. The van der Waals surface area contributed by atoms with E-state index < -0.39 is 51.1 Å². The Bertz CT molecular complexity index is 1070. The van der Waals surface area contributed by atoms with Crippen molar-refractivity contribution in [1.82, 2.24) is 20.1 Å². The van der Waals surface area contributed by atoms with Crippen molar-refractivity contribution in [3.8, 4) is 0 Å². The fraction of sp³-hybridized carbons (Fsp3) is 0.914. The lowest BCUT2D eigenvalue weighted by molar-refractivity contribution is -0.141. The van der Waals surface area contributed by atoms with Crippen molar-refractivity contribution >= 4 is 27.7 Å². The van der Waals surface area contributed by atoms with Crippen LogP contribution in [0.3, 0.4) is 0 Å². The minimum absolute atomic E-state index is 0.0203. The molecule has 47 heavy (non-hydrogen) atoms. The molecule has 5 unspecified atom stereocenters. The molecule has 3 rings (SSSR count). The van der Waals surface area contributed by atoms with Crippen LogP contribution in [-0.2, 0) is 24.4 Å². The summed E-state index contributed by atoms with van der Waals surface area (Å²) in [5, 5.41) is 16.1. The van der Waals surface area contributed by atoms with E-state index in [0.717, 1.165) is 70.6 Å². The van der Waals surface area contributed by atoms with Gasteiger partial charge in [0.2, 0.25) is 27.7 Å². The van der Waals surface area contributed by atoms with E-state index in [1.165, 1.54) is 6.42 Å². The zero-order valence-electron chi connectivity index (χ0n) is 29.5. The van der Waals surface area contributed by atoms with Crippen LogP contribution in [0.25, 0.3) is 0 Å². The van der Waals surface area contributed by atoms with Crippen molar-refractivity contribution in [2.24, 2.45) is 29.4 Å². The highest BCUT2D eigenvalue weighted by Crippen LogP contribution is 2.36. The van der Waals surface area contributed by atoms with Crippen molar-refractivity contribution in [3.63, 3.8) is 0 Å². The number of hydrazine groups is 1. The van der Waals surface area contributed by atoms with E-state index in [0.29, 0.717) is 57.7 Å². The molecule has 0 bridgehead atoms. The Balaban J connectivity index is 1.78. The molecule has 0 radical (unpaired) electrons. The molecule has 3 fully saturated rings. The van der Waals surface area contributed by atoms with Gasteiger partial charge in [-0.15, -0.1) is 4.83 Å². The average molecular weight is 684 g/mol. The molecule has 0 spiro atoms. The number of primary amides is 1. The number of hydrogen-bond donors (Lipinski definition) is 4.